The Kier molecular flexibility index (Phi) is 7.18. The smallest absolute Gasteiger partial charge is 0.251 e. The van der Waals surface area contributed by atoms with E-state index in [0.29, 0.717) is 43.9 Å². The van der Waals surface area contributed by atoms with Crippen molar-refractivity contribution >= 4 is 11.8 Å². The first-order valence-electron chi connectivity index (χ1n) is 11.1. The molecule has 4 rings (SSSR count). The fourth-order valence-electron chi connectivity index (χ4n) is 3.88. The summed E-state index contributed by atoms with van der Waals surface area (Å²) in [6.07, 6.45) is 1.96. The summed E-state index contributed by atoms with van der Waals surface area (Å²) in [7, 11) is 0. The van der Waals surface area contributed by atoms with Crippen LogP contribution < -0.4 is 10.1 Å². The van der Waals surface area contributed by atoms with Crippen molar-refractivity contribution in [3.63, 3.8) is 0 Å². The summed E-state index contributed by atoms with van der Waals surface area (Å²) < 4.78 is 5.80. The monoisotopic (exact) mass is 428 g/mol. The average Bonchev–Trinajstić information content (AvgIpc) is 2.85. The zero-order chi connectivity index (χ0) is 22.2. The molecule has 164 valence electrons. The Bertz CT molecular complexity index is 1070. The number of hydrogen-bond donors (Lipinski definition) is 1. The van der Waals surface area contributed by atoms with Gasteiger partial charge in [0, 0.05) is 31.6 Å². The minimum atomic E-state index is -0.158. The van der Waals surface area contributed by atoms with Gasteiger partial charge in [-0.25, -0.2) is 0 Å². The standard InChI is InChI=1S/C27H28N2O3/c30-26(29-17-15-22-10-4-5-11-24(22)19-29)14-7-16-28-27(31)23-12-6-13-25(18-23)32-20-21-8-2-1-3-9-21/h1-6,8-13,18H,7,14-17,19-20H2,(H,28,31). The lowest BCUT2D eigenvalue weighted by Gasteiger charge is -2.29. The third-order valence-corrected chi connectivity index (χ3v) is 5.68. The van der Waals surface area contributed by atoms with Crippen LogP contribution in [0, 0.1) is 0 Å². The number of carbonyl (C=O) groups is 2. The first-order valence-corrected chi connectivity index (χ1v) is 11.1. The molecule has 1 aliphatic rings. The van der Waals surface area contributed by atoms with Crippen molar-refractivity contribution in [1.82, 2.24) is 10.2 Å². The lowest BCUT2D eigenvalue weighted by atomic mass is 9.99. The van der Waals surface area contributed by atoms with Gasteiger partial charge in [-0.3, -0.25) is 9.59 Å². The fraction of sp³-hybridized carbons (Fsp3) is 0.259. The van der Waals surface area contributed by atoms with E-state index in [1.54, 1.807) is 12.1 Å². The highest BCUT2D eigenvalue weighted by atomic mass is 16.5. The second-order valence-corrected chi connectivity index (χ2v) is 8.00. The van der Waals surface area contributed by atoms with Gasteiger partial charge in [0.15, 0.2) is 0 Å². The highest BCUT2D eigenvalue weighted by Gasteiger charge is 2.19. The van der Waals surface area contributed by atoms with Crippen LogP contribution in [-0.4, -0.2) is 29.8 Å². The summed E-state index contributed by atoms with van der Waals surface area (Å²) in [5.41, 5.74) is 4.19. The molecule has 1 N–H and O–H groups in total. The molecule has 32 heavy (non-hydrogen) atoms. The molecule has 5 nitrogen and oxygen atoms in total. The number of amides is 2. The molecular formula is C27H28N2O3. The molecule has 0 saturated carbocycles. The van der Waals surface area contributed by atoms with Crippen LogP contribution in [0.2, 0.25) is 0 Å². The molecule has 0 unspecified atom stereocenters. The van der Waals surface area contributed by atoms with Crippen LogP contribution in [0.1, 0.15) is 39.9 Å². The van der Waals surface area contributed by atoms with E-state index in [9.17, 15) is 9.59 Å². The van der Waals surface area contributed by atoms with Crippen LogP contribution in [0.25, 0.3) is 0 Å². The van der Waals surface area contributed by atoms with E-state index in [1.165, 1.54) is 11.1 Å². The summed E-state index contributed by atoms with van der Waals surface area (Å²) in [5.74, 6) is 0.640. The summed E-state index contributed by atoms with van der Waals surface area (Å²) >= 11 is 0. The lowest BCUT2D eigenvalue weighted by Crippen LogP contribution is -2.36. The van der Waals surface area contributed by atoms with E-state index in [0.717, 1.165) is 18.5 Å². The lowest BCUT2D eigenvalue weighted by molar-refractivity contribution is -0.132. The second kappa shape index (κ2) is 10.6. The Hall–Kier alpha value is -3.60. The maximum Gasteiger partial charge on any atom is 0.251 e. The first-order chi connectivity index (χ1) is 15.7. The molecule has 0 radical (unpaired) electrons. The van der Waals surface area contributed by atoms with Gasteiger partial charge in [0.2, 0.25) is 5.91 Å². The zero-order valence-corrected chi connectivity index (χ0v) is 18.1. The van der Waals surface area contributed by atoms with Crippen molar-refractivity contribution in [3.8, 4) is 5.75 Å². The molecule has 3 aromatic carbocycles. The molecule has 0 saturated heterocycles. The molecule has 1 aliphatic heterocycles. The van der Waals surface area contributed by atoms with E-state index >= 15 is 0 Å². The van der Waals surface area contributed by atoms with E-state index in [-0.39, 0.29) is 11.8 Å². The van der Waals surface area contributed by atoms with Crippen molar-refractivity contribution < 1.29 is 14.3 Å². The van der Waals surface area contributed by atoms with Crippen LogP contribution in [0.15, 0.2) is 78.9 Å². The van der Waals surface area contributed by atoms with Crippen LogP contribution in [-0.2, 0) is 24.4 Å². The van der Waals surface area contributed by atoms with Gasteiger partial charge in [0.25, 0.3) is 5.91 Å². The van der Waals surface area contributed by atoms with Gasteiger partial charge in [-0.1, -0.05) is 60.7 Å². The average molecular weight is 429 g/mol. The van der Waals surface area contributed by atoms with Gasteiger partial charge in [-0.05, 0) is 47.7 Å². The topological polar surface area (TPSA) is 58.6 Å². The van der Waals surface area contributed by atoms with Crippen LogP contribution in [0.4, 0.5) is 0 Å². The third-order valence-electron chi connectivity index (χ3n) is 5.68. The predicted octanol–water partition coefficient (Wildman–Crippen LogP) is 4.36. The van der Waals surface area contributed by atoms with Gasteiger partial charge >= 0.3 is 0 Å². The summed E-state index contributed by atoms with van der Waals surface area (Å²) in [5, 5.41) is 2.91. The van der Waals surface area contributed by atoms with Gasteiger partial charge in [0.1, 0.15) is 12.4 Å². The maximum absolute atomic E-state index is 12.6. The first kappa shape index (κ1) is 21.6. The molecule has 0 fully saturated rings. The number of benzene rings is 3. The van der Waals surface area contributed by atoms with E-state index in [4.69, 9.17) is 4.74 Å². The highest BCUT2D eigenvalue weighted by molar-refractivity contribution is 5.94. The number of hydrogen-bond acceptors (Lipinski definition) is 3. The van der Waals surface area contributed by atoms with Crippen LogP contribution in [0.5, 0.6) is 5.75 Å². The molecule has 0 bridgehead atoms. The Labute approximate surface area is 189 Å². The van der Waals surface area contributed by atoms with Gasteiger partial charge < -0.3 is 15.0 Å². The van der Waals surface area contributed by atoms with Crippen molar-refractivity contribution in [2.45, 2.75) is 32.4 Å². The third kappa shape index (κ3) is 5.76. The quantitative estimate of drug-likeness (QED) is 0.543. The molecule has 2 amide bonds. The molecule has 1 heterocycles. The summed E-state index contributed by atoms with van der Waals surface area (Å²) in [4.78, 5) is 27.0. The number of nitrogens with zero attached hydrogens (tertiary/aromatic N) is 1. The summed E-state index contributed by atoms with van der Waals surface area (Å²) in [6, 6.07) is 25.4. The number of fused-ring (bicyclic) bond motifs is 1. The highest BCUT2D eigenvalue weighted by Crippen LogP contribution is 2.19. The van der Waals surface area contributed by atoms with Crippen molar-refractivity contribution in [2.24, 2.45) is 0 Å². The Morgan fingerprint density at radius 2 is 1.69 bits per heavy atom. The molecule has 3 aromatic rings. The molecule has 5 heteroatoms. The van der Waals surface area contributed by atoms with Gasteiger partial charge in [0.05, 0.1) is 0 Å². The van der Waals surface area contributed by atoms with Gasteiger partial charge in [-0.2, -0.15) is 0 Å². The predicted molar refractivity (Wildman–Crippen MR) is 124 cm³/mol. The van der Waals surface area contributed by atoms with Crippen molar-refractivity contribution in [1.29, 1.82) is 0 Å². The molecule has 0 atom stereocenters. The minimum Gasteiger partial charge on any atom is -0.489 e. The van der Waals surface area contributed by atoms with Crippen LogP contribution in [0.3, 0.4) is 0 Å². The van der Waals surface area contributed by atoms with E-state index in [2.05, 4.69) is 17.4 Å². The molecule has 0 spiro atoms. The normalized spacial score (nSPS) is 12.7. The Morgan fingerprint density at radius 1 is 0.906 bits per heavy atom. The zero-order valence-electron chi connectivity index (χ0n) is 18.1. The van der Waals surface area contributed by atoms with Crippen molar-refractivity contribution in [2.75, 3.05) is 13.1 Å². The minimum absolute atomic E-state index is 0.144. The summed E-state index contributed by atoms with van der Waals surface area (Å²) in [6.45, 7) is 2.36. The fourth-order valence-corrected chi connectivity index (χ4v) is 3.88. The molecule has 0 aliphatic carbocycles. The number of ether oxygens (including phenoxy) is 1. The SMILES string of the molecule is O=C(NCCCC(=O)N1CCc2ccccc2C1)c1cccc(OCc2ccccc2)c1. The number of carbonyl (C=O) groups excluding carboxylic acids is 2. The Balaban J connectivity index is 1.20. The second-order valence-electron chi connectivity index (χ2n) is 8.00. The molecule has 0 aromatic heterocycles. The van der Waals surface area contributed by atoms with Crippen molar-refractivity contribution in [3.05, 3.63) is 101 Å². The number of nitrogens with one attached hydrogen (secondary N) is 1. The number of rotatable bonds is 8. The maximum atomic E-state index is 12.6. The Morgan fingerprint density at radius 3 is 2.53 bits per heavy atom. The van der Waals surface area contributed by atoms with Crippen LogP contribution >= 0.6 is 0 Å². The molecular weight excluding hydrogens is 400 g/mol. The van der Waals surface area contributed by atoms with E-state index < -0.39 is 0 Å². The largest absolute Gasteiger partial charge is 0.489 e. The van der Waals surface area contributed by atoms with Gasteiger partial charge in [-0.15, -0.1) is 0 Å². The van der Waals surface area contributed by atoms with E-state index in [1.807, 2.05) is 59.5 Å².